The van der Waals surface area contributed by atoms with Crippen molar-refractivity contribution >= 4 is 55.9 Å². The zero-order chi connectivity index (χ0) is 23.5. The van der Waals surface area contributed by atoms with Crippen LogP contribution in [-0.2, 0) is 27.9 Å². The third kappa shape index (κ3) is 5.99. The van der Waals surface area contributed by atoms with Gasteiger partial charge in [0, 0.05) is 12.2 Å². The maximum atomic E-state index is 12.5. The summed E-state index contributed by atoms with van der Waals surface area (Å²) in [5, 5.41) is 8.83. The predicted octanol–water partition coefficient (Wildman–Crippen LogP) is 3.86. The number of nitrogens with two attached hydrogens (primary N) is 1. The van der Waals surface area contributed by atoms with E-state index in [2.05, 4.69) is 21.8 Å². The van der Waals surface area contributed by atoms with Gasteiger partial charge in [-0.25, -0.2) is 18.5 Å². The number of carbonyl (C=O) groups is 1. The van der Waals surface area contributed by atoms with Gasteiger partial charge in [0.1, 0.15) is 5.82 Å². The van der Waals surface area contributed by atoms with Crippen LogP contribution in [0.15, 0.2) is 41.3 Å². The molecule has 11 heteroatoms. The second-order valence-corrected chi connectivity index (χ2v) is 9.95. The second kappa shape index (κ2) is 10.2. The summed E-state index contributed by atoms with van der Waals surface area (Å²) in [5.74, 6) is 0.531. The number of likely N-dealkylation sites (N-methyl/N-ethyl adjacent to an activating group) is 1. The molecular weight excluding hydrogens is 473 g/mol. The van der Waals surface area contributed by atoms with E-state index in [1.54, 1.807) is 24.3 Å². The van der Waals surface area contributed by atoms with Crippen LogP contribution in [0, 0.1) is 0 Å². The van der Waals surface area contributed by atoms with Crippen molar-refractivity contribution in [3.8, 4) is 0 Å². The van der Waals surface area contributed by atoms with E-state index in [1.807, 2.05) is 11.9 Å². The lowest BCUT2D eigenvalue weighted by Gasteiger charge is -2.17. The van der Waals surface area contributed by atoms with Crippen molar-refractivity contribution in [1.82, 2.24) is 14.5 Å². The zero-order valence-corrected chi connectivity index (χ0v) is 20.1. The van der Waals surface area contributed by atoms with Crippen LogP contribution in [0.25, 0.3) is 11.0 Å². The number of halogens is 2. The first-order chi connectivity index (χ1) is 15.1. The van der Waals surface area contributed by atoms with Crippen LogP contribution >= 0.6 is 23.2 Å². The molecular formula is C21H25Cl2N5O3S. The second-order valence-electron chi connectivity index (χ2n) is 7.58. The Morgan fingerprint density at radius 1 is 1.19 bits per heavy atom. The fourth-order valence-electron chi connectivity index (χ4n) is 3.34. The van der Waals surface area contributed by atoms with E-state index in [4.69, 9.17) is 28.3 Å². The maximum Gasteiger partial charge on any atom is 0.238 e. The number of hydrogen-bond acceptors (Lipinski definition) is 5. The standard InChI is InChI=1S/C21H25Cl2N5O3S/c1-3-4-9-28-19-8-6-15(32(24,30)31)11-18(19)26-20(28)12-27(2)13-21(29)25-14-5-7-16(22)17(23)10-14/h5-8,10-11H,3-4,9,12-13H2,1-2H3,(H,25,29)(H2,24,30,31). The first kappa shape index (κ1) is 24.5. The Hall–Kier alpha value is -2.17. The fourth-order valence-corrected chi connectivity index (χ4v) is 4.17. The van der Waals surface area contributed by atoms with Gasteiger partial charge in [0.15, 0.2) is 0 Å². The molecule has 32 heavy (non-hydrogen) atoms. The molecule has 1 heterocycles. The average Bonchev–Trinajstić information content (AvgIpc) is 3.04. The van der Waals surface area contributed by atoms with Crippen molar-refractivity contribution in [2.24, 2.45) is 5.14 Å². The molecule has 3 rings (SSSR count). The lowest BCUT2D eigenvalue weighted by atomic mass is 10.3. The van der Waals surface area contributed by atoms with Crippen LogP contribution in [0.3, 0.4) is 0 Å². The van der Waals surface area contributed by atoms with Crippen LogP contribution in [0.4, 0.5) is 5.69 Å². The summed E-state index contributed by atoms with van der Waals surface area (Å²) in [6.45, 7) is 3.36. The lowest BCUT2D eigenvalue weighted by Crippen LogP contribution is -2.30. The highest BCUT2D eigenvalue weighted by molar-refractivity contribution is 7.89. The van der Waals surface area contributed by atoms with E-state index in [0.717, 1.165) is 30.7 Å². The molecule has 8 nitrogen and oxygen atoms in total. The Kier molecular flexibility index (Phi) is 7.79. The third-order valence-electron chi connectivity index (χ3n) is 4.89. The van der Waals surface area contributed by atoms with Gasteiger partial charge in [-0.1, -0.05) is 36.5 Å². The summed E-state index contributed by atoms with van der Waals surface area (Å²) in [4.78, 5) is 18.9. The van der Waals surface area contributed by atoms with Gasteiger partial charge in [-0.15, -0.1) is 0 Å². The summed E-state index contributed by atoms with van der Waals surface area (Å²) < 4.78 is 25.5. The monoisotopic (exact) mass is 497 g/mol. The number of aryl methyl sites for hydroxylation is 1. The SMILES string of the molecule is CCCCn1c(CN(C)CC(=O)Nc2ccc(Cl)c(Cl)c2)nc2cc(S(N)(=O)=O)ccc21. The quantitative estimate of drug-likeness (QED) is 0.466. The molecule has 1 amide bonds. The van der Waals surface area contributed by atoms with Crippen molar-refractivity contribution < 1.29 is 13.2 Å². The number of unbranched alkanes of at least 4 members (excludes halogenated alkanes) is 1. The number of nitrogens with zero attached hydrogens (tertiary/aromatic N) is 3. The maximum absolute atomic E-state index is 12.5. The summed E-state index contributed by atoms with van der Waals surface area (Å²) in [7, 11) is -2.01. The number of anilines is 1. The highest BCUT2D eigenvalue weighted by Gasteiger charge is 2.17. The van der Waals surface area contributed by atoms with Crippen molar-refractivity contribution in [3.63, 3.8) is 0 Å². The number of imidazole rings is 1. The number of rotatable bonds is 9. The van der Waals surface area contributed by atoms with Gasteiger partial charge in [-0.05, 0) is 49.9 Å². The first-order valence-corrected chi connectivity index (χ1v) is 12.3. The van der Waals surface area contributed by atoms with E-state index in [-0.39, 0.29) is 17.3 Å². The Labute approximate surface area is 197 Å². The molecule has 0 aliphatic heterocycles. The summed E-state index contributed by atoms with van der Waals surface area (Å²) in [6, 6.07) is 9.58. The Balaban J connectivity index is 1.78. The number of nitrogens with one attached hydrogen (secondary N) is 1. The van der Waals surface area contributed by atoms with Crippen LogP contribution in [0.2, 0.25) is 10.0 Å². The highest BCUT2D eigenvalue weighted by atomic mass is 35.5. The molecule has 0 radical (unpaired) electrons. The Morgan fingerprint density at radius 3 is 2.59 bits per heavy atom. The number of aromatic nitrogens is 2. The molecule has 3 N–H and O–H groups in total. The number of fused-ring (bicyclic) bond motifs is 1. The molecule has 0 atom stereocenters. The highest BCUT2D eigenvalue weighted by Crippen LogP contribution is 2.25. The molecule has 0 bridgehead atoms. The number of sulfonamides is 1. The van der Waals surface area contributed by atoms with E-state index < -0.39 is 10.0 Å². The summed E-state index contributed by atoms with van der Waals surface area (Å²) in [6.07, 6.45) is 1.94. The molecule has 0 aliphatic rings. The Bertz CT molecular complexity index is 1240. The zero-order valence-electron chi connectivity index (χ0n) is 17.8. The summed E-state index contributed by atoms with van der Waals surface area (Å²) >= 11 is 11.9. The van der Waals surface area contributed by atoms with Crippen molar-refractivity contribution in [2.45, 2.75) is 37.8 Å². The largest absolute Gasteiger partial charge is 0.327 e. The smallest absolute Gasteiger partial charge is 0.238 e. The molecule has 1 aromatic heterocycles. The number of carbonyl (C=O) groups excluding carboxylic acids is 1. The van der Waals surface area contributed by atoms with E-state index in [1.165, 1.54) is 12.1 Å². The van der Waals surface area contributed by atoms with E-state index in [0.29, 0.717) is 27.8 Å². The first-order valence-electron chi connectivity index (χ1n) is 10.0. The number of amides is 1. The molecule has 2 aromatic carbocycles. The predicted molar refractivity (Wildman–Crippen MR) is 127 cm³/mol. The lowest BCUT2D eigenvalue weighted by molar-refractivity contribution is -0.117. The van der Waals surface area contributed by atoms with Gasteiger partial charge < -0.3 is 9.88 Å². The van der Waals surface area contributed by atoms with Crippen molar-refractivity contribution in [2.75, 3.05) is 18.9 Å². The van der Waals surface area contributed by atoms with Gasteiger partial charge in [-0.2, -0.15) is 0 Å². The summed E-state index contributed by atoms with van der Waals surface area (Å²) in [5.41, 5.74) is 1.94. The van der Waals surface area contributed by atoms with Crippen molar-refractivity contribution in [3.05, 3.63) is 52.3 Å². The fraction of sp³-hybridized carbons (Fsp3) is 0.333. The molecule has 3 aromatic rings. The normalized spacial score (nSPS) is 11.9. The average molecular weight is 498 g/mol. The number of primary sulfonamides is 1. The third-order valence-corrected chi connectivity index (χ3v) is 6.54. The van der Waals surface area contributed by atoms with Gasteiger partial charge in [0.25, 0.3) is 0 Å². The molecule has 0 saturated carbocycles. The topological polar surface area (TPSA) is 110 Å². The Morgan fingerprint density at radius 2 is 1.94 bits per heavy atom. The van der Waals surface area contributed by atoms with Gasteiger partial charge in [-0.3, -0.25) is 9.69 Å². The number of benzene rings is 2. The van der Waals surface area contributed by atoms with Crippen molar-refractivity contribution in [1.29, 1.82) is 0 Å². The van der Waals surface area contributed by atoms with Crippen LogP contribution in [0.5, 0.6) is 0 Å². The molecule has 0 saturated heterocycles. The van der Waals surface area contributed by atoms with E-state index in [9.17, 15) is 13.2 Å². The number of hydrogen-bond donors (Lipinski definition) is 2. The minimum absolute atomic E-state index is 0.0195. The molecule has 0 spiro atoms. The molecule has 0 fully saturated rings. The van der Waals surface area contributed by atoms with Crippen LogP contribution in [-0.4, -0.2) is 42.4 Å². The van der Waals surface area contributed by atoms with Gasteiger partial charge in [0.2, 0.25) is 15.9 Å². The van der Waals surface area contributed by atoms with Crippen LogP contribution in [0.1, 0.15) is 25.6 Å². The molecule has 172 valence electrons. The minimum Gasteiger partial charge on any atom is -0.327 e. The van der Waals surface area contributed by atoms with E-state index >= 15 is 0 Å². The van der Waals surface area contributed by atoms with Gasteiger partial charge in [0.05, 0.1) is 39.1 Å². The van der Waals surface area contributed by atoms with Gasteiger partial charge >= 0.3 is 0 Å². The van der Waals surface area contributed by atoms with Crippen LogP contribution < -0.4 is 10.5 Å². The molecule has 0 aliphatic carbocycles. The molecule has 0 unspecified atom stereocenters. The minimum atomic E-state index is -3.82.